The van der Waals surface area contributed by atoms with Crippen LogP contribution in [0.5, 0.6) is 0 Å². The van der Waals surface area contributed by atoms with Gasteiger partial charge in [-0.25, -0.2) is 9.18 Å². The number of carbonyl (C=O) groups is 3. The lowest BCUT2D eigenvalue weighted by Crippen LogP contribution is -2.41. The summed E-state index contributed by atoms with van der Waals surface area (Å²) in [4.78, 5) is 34.3. The number of anilines is 1. The zero-order chi connectivity index (χ0) is 16.0. The minimum Gasteiger partial charge on any atom is -0.451 e. The zero-order valence-corrected chi connectivity index (χ0v) is 12.0. The van der Waals surface area contributed by atoms with E-state index in [0.717, 1.165) is 0 Å². The van der Waals surface area contributed by atoms with Crippen molar-refractivity contribution in [2.45, 2.75) is 32.9 Å². The van der Waals surface area contributed by atoms with Gasteiger partial charge in [-0.1, -0.05) is 0 Å². The van der Waals surface area contributed by atoms with Crippen molar-refractivity contribution in [2.24, 2.45) is 0 Å². The maximum Gasteiger partial charge on any atom is 0.329 e. The SMILES string of the molecule is CC(=O)N[C@@H](C)C(=O)O[C@H](C)C(=O)Nc1ccc(F)cc1. The molecule has 0 aromatic heterocycles. The van der Waals surface area contributed by atoms with Crippen LogP contribution < -0.4 is 10.6 Å². The van der Waals surface area contributed by atoms with Gasteiger partial charge in [0, 0.05) is 12.6 Å². The molecule has 0 bridgehead atoms. The Balaban J connectivity index is 2.52. The van der Waals surface area contributed by atoms with Crippen LogP contribution in [0, 0.1) is 5.82 Å². The molecule has 21 heavy (non-hydrogen) atoms. The molecule has 0 radical (unpaired) electrons. The Hall–Kier alpha value is -2.44. The summed E-state index contributed by atoms with van der Waals surface area (Å²) in [5.74, 6) is -2.06. The van der Waals surface area contributed by atoms with E-state index in [0.29, 0.717) is 5.69 Å². The van der Waals surface area contributed by atoms with E-state index in [1.165, 1.54) is 45.0 Å². The van der Waals surface area contributed by atoms with Gasteiger partial charge >= 0.3 is 5.97 Å². The van der Waals surface area contributed by atoms with E-state index in [2.05, 4.69) is 10.6 Å². The van der Waals surface area contributed by atoms with E-state index in [1.807, 2.05) is 0 Å². The lowest BCUT2D eigenvalue weighted by atomic mass is 10.3. The van der Waals surface area contributed by atoms with E-state index >= 15 is 0 Å². The molecular formula is C14H17FN2O4. The average molecular weight is 296 g/mol. The monoisotopic (exact) mass is 296 g/mol. The fourth-order valence-electron chi connectivity index (χ4n) is 1.47. The molecule has 114 valence electrons. The van der Waals surface area contributed by atoms with Gasteiger partial charge in [-0.2, -0.15) is 0 Å². The predicted molar refractivity (Wildman–Crippen MR) is 73.9 cm³/mol. The highest BCUT2D eigenvalue weighted by atomic mass is 19.1. The Morgan fingerprint density at radius 2 is 1.71 bits per heavy atom. The quantitative estimate of drug-likeness (QED) is 0.800. The molecule has 0 heterocycles. The van der Waals surface area contributed by atoms with Gasteiger partial charge in [-0.3, -0.25) is 9.59 Å². The number of amides is 2. The van der Waals surface area contributed by atoms with Crippen LogP contribution in [0.1, 0.15) is 20.8 Å². The Bertz CT molecular complexity index is 530. The van der Waals surface area contributed by atoms with Crippen LogP contribution in [0.15, 0.2) is 24.3 Å². The van der Waals surface area contributed by atoms with Gasteiger partial charge in [-0.15, -0.1) is 0 Å². The number of hydrogen-bond acceptors (Lipinski definition) is 4. The predicted octanol–water partition coefficient (Wildman–Crippen LogP) is 1.22. The standard InChI is InChI=1S/C14H17FN2O4/c1-8(16-10(3)18)14(20)21-9(2)13(19)17-12-6-4-11(15)5-7-12/h4-9H,1-3H3,(H,16,18)(H,17,19)/t8-,9+/m0/s1. The summed E-state index contributed by atoms with van der Waals surface area (Å²) in [5, 5.41) is 4.84. The molecule has 0 aliphatic rings. The minimum absolute atomic E-state index is 0.372. The van der Waals surface area contributed by atoms with E-state index in [-0.39, 0.29) is 5.91 Å². The fourth-order valence-corrected chi connectivity index (χ4v) is 1.47. The Labute approximate surface area is 121 Å². The molecule has 0 fully saturated rings. The third-order valence-corrected chi connectivity index (χ3v) is 2.55. The van der Waals surface area contributed by atoms with Crippen LogP contribution in [0.4, 0.5) is 10.1 Å². The molecular weight excluding hydrogens is 279 g/mol. The number of hydrogen-bond donors (Lipinski definition) is 2. The maximum absolute atomic E-state index is 12.7. The first-order valence-corrected chi connectivity index (χ1v) is 6.33. The van der Waals surface area contributed by atoms with E-state index in [9.17, 15) is 18.8 Å². The number of halogens is 1. The molecule has 0 unspecified atom stereocenters. The number of ether oxygens (including phenoxy) is 1. The first-order valence-electron chi connectivity index (χ1n) is 6.33. The summed E-state index contributed by atoms with van der Waals surface area (Å²) in [7, 11) is 0. The molecule has 2 atom stereocenters. The highest BCUT2D eigenvalue weighted by molar-refractivity contribution is 5.95. The third-order valence-electron chi connectivity index (χ3n) is 2.55. The first-order chi connectivity index (χ1) is 9.79. The Kier molecular flexibility index (Phi) is 5.83. The molecule has 0 saturated carbocycles. The lowest BCUT2D eigenvalue weighted by Gasteiger charge is -2.17. The average Bonchev–Trinajstić information content (AvgIpc) is 2.40. The van der Waals surface area contributed by atoms with E-state index in [4.69, 9.17) is 4.74 Å². The van der Waals surface area contributed by atoms with Crippen LogP contribution in [0.3, 0.4) is 0 Å². The van der Waals surface area contributed by atoms with Crippen LogP contribution >= 0.6 is 0 Å². The molecule has 2 N–H and O–H groups in total. The number of benzene rings is 1. The summed E-state index contributed by atoms with van der Waals surface area (Å²) in [6.45, 7) is 4.13. The molecule has 2 amide bonds. The maximum atomic E-state index is 12.7. The molecule has 0 aliphatic heterocycles. The second kappa shape index (κ2) is 7.37. The molecule has 0 aliphatic carbocycles. The van der Waals surface area contributed by atoms with E-state index < -0.39 is 29.8 Å². The molecule has 0 saturated heterocycles. The molecule has 6 nitrogen and oxygen atoms in total. The summed E-state index contributed by atoms with van der Waals surface area (Å²) >= 11 is 0. The highest BCUT2D eigenvalue weighted by Crippen LogP contribution is 2.09. The van der Waals surface area contributed by atoms with Crippen molar-refractivity contribution in [3.05, 3.63) is 30.1 Å². The van der Waals surface area contributed by atoms with Crippen molar-refractivity contribution in [1.29, 1.82) is 0 Å². The smallest absolute Gasteiger partial charge is 0.329 e. The molecule has 1 aromatic rings. The minimum atomic E-state index is -1.04. The van der Waals surface area contributed by atoms with Crippen LogP contribution in [0.2, 0.25) is 0 Å². The Morgan fingerprint density at radius 1 is 1.14 bits per heavy atom. The Morgan fingerprint density at radius 3 is 2.24 bits per heavy atom. The van der Waals surface area contributed by atoms with Crippen molar-refractivity contribution in [1.82, 2.24) is 5.32 Å². The fraction of sp³-hybridized carbons (Fsp3) is 0.357. The first kappa shape index (κ1) is 16.6. The summed E-state index contributed by atoms with van der Waals surface area (Å²) in [6, 6.07) is 4.34. The normalized spacial score (nSPS) is 13.0. The van der Waals surface area contributed by atoms with Crippen LogP contribution in [-0.4, -0.2) is 29.9 Å². The second-order valence-corrected chi connectivity index (χ2v) is 4.50. The van der Waals surface area contributed by atoms with Crippen molar-refractivity contribution in [3.63, 3.8) is 0 Å². The summed E-state index contributed by atoms with van der Waals surface area (Å²) in [6.07, 6.45) is -1.04. The van der Waals surface area contributed by atoms with Gasteiger partial charge in [-0.05, 0) is 38.1 Å². The van der Waals surface area contributed by atoms with Crippen LogP contribution in [0.25, 0.3) is 0 Å². The highest BCUT2D eigenvalue weighted by Gasteiger charge is 2.22. The van der Waals surface area contributed by atoms with Crippen molar-refractivity contribution < 1.29 is 23.5 Å². The summed E-state index contributed by atoms with van der Waals surface area (Å²) < 4.78 is 17.7. The van der Waals surface area contributed by atoms with E-state index in [1.54, 1.807) is 0 Å². The van der Waals surface area contributed by atoms with Crippen LogP contribution in [-0.2, 0) is 19.1 Å². The van der Waals surface area contributed by atoms with Crippen molar-refractivity contribution >= 4 is 23.5 Å². The zero-order valence-electron chi connectivity index (χ0n) is 12.0. The van der Waals surface area contributed by atoms with Crippen molar-refractivity contribution in [2.75, 3.05) is 5.32 Å². The molecule has 1 rings (SSSR count). The third kappa shape index (κ3) is 5.60. The molecule has 0 spiro atoms. The summed E-state index contributed by atoms with van der Waals surface area (Å²) in [5.41, 5.74) is 0.388. The van der Waals surface area contributed by atoms with Gasteiger partial charge in [0.05, 0.1) is 0 Å². The molecule has 1 aromatic carbocycles. The van der Waals surface area contributed by atoms with Gasteiger partial charge in [0.15, 0.2) is 6.10 Å². The topological polar surface area (TPSA) is 84.5 Å². The van der Waals surface area contributed by atoms with Gasteiger partial charge in [0.2, 0.25) is 5.91 Å². The van der Waals surface area contributed by atoms with Crippen molar-refractivity contribution in [3.8, 4) is 0 Å². The second-order valence-electron chi connectivity index (χ2n) is 4.50. The number of esters is 1. The van der Waals surface area contributed by atoms with Gasteiger partial charge in [0.25, 0.3) is 5.91 Å². The number of rotatable bonds is 5. The number of carbonyl (C=O) groups excluding carboxylic acids is 3. The lowest BCUT2D eigenvalue weighted by molar-refractivity contribution is -0.155. The molecule has 7 heteroatoms. The number of nitrogens with one attached hydrogen (secondary N) is 2. The van der Waals surface area contributed by atoms with Gasteiger partial charge in [0.1, 0.15) is 11.9 Å². The largest absolute Gasteiger partial charge is 0.451 e. The van der Waals surface area contributed by atoms with Gasteiger partial charge < -0.3 is 15.4 Å².